The van der Waals surface area contributed by atoms with Crippen molar-refractivity contribution in [2.45, 2.75) is 6.04 Å². The summed E-state index contributed by atoms with van der Waals surface area (Å²) in [6.45, 7) is 0. The molecular formula is C12H10BrCl2NS. The molecule has 2 aromatic rings. The first-order valence-electron chi connectivity index (χ1n) is 4.99. The van der Waals surface area contributed by atoms with Crippen molar-refractivity contribution in [2.75, 3.05) is 7.05 Å². The van der Waals surface area contributed by atoms with Gasteiger partial charge in [0, 0.05) is 10.0 Å². The molecule has 2 rings (SSSR count). The Morgan fingerprint density at radius 3 is 2.35 bits per heavy atom. The Kier molecular flexibility index (Phi) is 4.50. The van der Waals surface area contributed by atoms with E-state index in [-0.39, 0.29) is 6.04 Å². The Hall–Kier alpha value is -0.0600. The Bertz CT molecular complexity index is 510. The molecule has 90 valence electrons. The molecular weight excluding hydrogens is 341 g/mol. The first kappa shape index (κ1) is 13.4. The zero-order valence-corrected chi connectivity index (χ0v) is 12.9. The minimum absolute atomic E-state index is 0.0688. The Labute approximate surface area is 123 Å². The van der Waals surface area contributed by atoms with Crippen LogP contribution < -0.4 is 5.32 Å². The van der Waals surface area contributed by atoms with Gasteiger partial charge < -0.3 is 5.32 Å². The van der Waals surface area contributed by atoms with E-state index in [4.69, 9.17) is 23.2 Å². The molecule has 0 aliphatic heterocycles. The lowest BCUT2D eigenvalue weighted by Crippen LogP contribution is -2.17. The van der Waals surface area contributed by atoms with Gasteiger partial charge in [-0.1, -0.05) is 51.3 Å². The molecule has 1 heterocycles. The summed E-state index contributed by atoms with van der Waals surface area (Å²) in [6.07, 6.45) is 0. The summed E-state index contributed by atoms with van der Waals surface area (Å²) in [5.41, 5.74) is 2.18. The molecule has 1 atom stereocenters. The highest BCUT2D eigenvalue weighted by atomic mass is 79.9. The van der Waals surface area contributed by atoms with Crippen LogP contribution in [0, 0.1) is 0 Å². The Balaban J connectivity index is 2.39. The van der Waals surface area contributed by atoms with E-state index in [9.17, 15) is 0 Å². The Morgan fingerprint density at radius 1 is 1.24 bits per heavy atom. The van der Waals surface area contributed by atoms with Crippen LogP contribution in [0.15, 0.2) is 34.8 Å². The molecule has 0 fully saturated rings. The zero-order chi connectivity index (χ0) is 12.4. The third kappa shape index (κ3) is 3.04. The van der Waals surface area contributed by atoms with E-state index >= 15 is 0 Å². The molecule has 17 heavy (non-hydrogen) atoms. The van der Waals surface area contributed by atoms with Crippen molar-refractivity contribution in [1.82, 2.24) is 5.32 Å². The lowest BCUT2D eigenvalue weighted by atomic mass is 10.0. The van der Waals surface area contributed by atoms with E-state index in [1.54, 1.807) is 0 Å². The largest absolute Gasteiger partial charge is 0.309 e. The molecule has 0 radical (unpaired) electrons. The van der Waals surface area contributed by atoms with E-state index in [0.29, 0.717) is 4.34 Å². The highest BCUT2D eigenvalue weighted by Gasteiger charge is 2.17. The normalized spacial score (nSPS) is 12.7. The predicted molar refractivity (Wildman–Crippen MR) is 79.4 cm³/mol. The molecule has 1 aromatic carbocycles. The fraction of sp³-hybridized carbons (Fsp3) is 0.167. The molecule has 0 saturated carbocycles. The maximum absolute atomic E-state index is 6.18. The molecule has 1 unspecified atom stereocenters. The summed E-state index contributed by atoms with van der Waals surface area (Å²) in [6, 6.07) is 10.1. The fourth-order valence-electron chi connectivity index (χ4n) is 1.71. The van der Waals surface area contributed by atoms with E-state index < -0.39 is 0 Å². The van der Waals surface area contributed by atoms with Crippen molar-refractivity contribution in [1.29, 1.82) is 0 Å². The van der Waals surface area contributed by atoms with Crippen molar-refractivity contribution in [3.05, 3.63) is 54.6 Å². The summed E-state index contributed by atoms with van der Waals surface area (Å²) >= 11 is 17.0. The highest BCUT2D eigenvalue weighted by molar-refractivity contribution is 9.10. The van der Waals surface area contributed by atoms with Crippen molar-refractivity contribution < 1.29 is 0 Å². The van der Waals surface area contributed by atoms with Gasteiger partial charge in [0.15, 0.2) is 0 Å². The van der Waals surface area contributed by atoms with Gasteiger partial charge in [0.1, 0.15) is 0 Å². The molecule has 1 nitrogen and oxygen atoms in total. The standard InChI is InChI=1S/C12H10BrCl2NS/c1-16-11(7-2-4-8(13)5-3-7)9-6-10(14)17-12(9)15/h2-6,11,16H,1H3. The maximum Gasteiger partial charge on any atom is 0.0995 e. The van der Waals surface area contributed by atoms with Crippen molar-refractivity contribution in [2.24, 2.45) is 0 Å². The summed E-state index contributed by atoms with van der Waals surface area (Å²) < 4.78 is 2.50. The zero-order valence-electron chi connectivity index (χ0n) is 9.01. The van der Waals surface area contributed by atoms with Crippen LogP contribution in [0.3, 0.4) is 0 Å². The van der Waals surface area contributed by atoms with Gasteiger partial charge in [0.25, 0.3) is 0 Å². The van der Waals surface area contributed by atoms with Crippen LogP contribution in [0.25, 0.3) is 0 Å². The molecule has 0 saturated heterocycles. The molecule has 0 amide bonds. The van der Waals surface area contributed by atoms with Gasteiger partial charge in [-0.15, -0.1) is 11.3 Å². The first-order chi connectivity index (χ1) is 8.11. The molecule has 5 heteroatoms. The summed E-state index contributed by atoms with van der Waals surface area (Å²) in [7, 11) is 1.91. The van der Waals surface area contributed by atoms with Crippen molar-refractivity contribution >= 4 is 50.5 Å². The average Bonchev–Trinajstić information content (AvgIpc) is 2.62. The summed E-state index contributed by atoms with van der Waals surface area (Å²) in [4.78, 5) is 0. The molecule has 1 N–H and O–H groups in total. The third-order valence-corrected chi connectivity index (χ3v) is 4.53. The van der Waals surface area contributed by atoms with Gasteiger partial charge in [-0.2, -0.15) is 0 Å². The maximum atomic E-state index is 6.18. The van der Waals surface area contributed by atoms with E-state index in [1.807, 2.05) is 25.2 Å². The summed E-state index contributed by atoms with van der Waals surface area (Å²) in [5, 5.41) is 3.26. The van der Waals surface area contributed by atoms with Gasteiger partial charge in [0.2, 0.25) is 0 Å². The topological polar surface area (TPSA) is 12.0 Å². The monoisotopic (exact) mass is 349 g/mol. The lowest BCUT2D eigenvalue weighted by Gasteiger charge is -2.16. The second kappa shape index (κ2) is 5.72. The van der Waals surface area contributed by atoms with Crippen LogP contribution in [0.2, 0.25) is 8.67 Å². The molecule has 1 aromatic heterocycles. The second-order valence-corrected chi connectivity index (χ2v) is 6.75. The summed E-state index contributed by atoms with van der Waals surface area (Å²) in [5.74, 6) is 0. The van der Waals surface area contributed by atoms with Crippen LogP contribution in [0.4, 0.5) is 0 Å². The quantitative estimate of drug-likeness (QED) is 0.809. The van der Waals surface area contributed by atoms with Crippen LogP contribution in [0.5, 0.6) is 0 Å². The van der Waals surface area contributed by atoms with Gasteiger partial charge in [-0.25, -0.2) is 0 Å². The predicted octanol–water partition coefficient (Wildman–Crippen LogP) is 5.13. The minimum atomic E-state index is 0.0688. The number of nitrogens with one attached hydrogen (secondary N) is 1. The highest BCUT2D eigenvalue weighted by Crippen LogP contribution is 2.37. The number of rotatable bonds is 3. The van der Waals surface area contributed by atoms with E-state index in [0.717, 1.165) is 19.9 Å². The van der Waals surface area contributed by atoms with Gasteiger partial charge in [-0.3, -0.25) is 0 Å². The van der Waals surface area contributed by atoms with Gasteiger partial charge in [0.05, 0.1) is 14.7 Å². The number of halogens is 3. The minimum Gasteiger partial charge on any atom is -0.309 e. The van der Waals surface area contributed by atoms with E-state index in [1.165, 1.54) is 11.3 Å². The SMILES string of the molecule is CNC(c1ccc(Br)cc1)c1cc(Cl)sc1Cl. The van der Waals surface area contributed by atoms with Crippen LogP contribution >= 0.6 is 50.5 Å². The number of thiophene rings is 1. The van der Waals surface area contributed by atoms with Crippen LogP contribution in [0.1, 0.15) is 17.2 Å². The Morgan fingerprint density at radius 2 is 1.88 bits per heavy atom. The van der Waals surface area contributed by atoms with Crippen molar-refractivity contribution in [3.8, 4) is 0 Å². The fourth-order valence-corrected chi connectivity index (χ4v) is 3.50. The molecule has 0 bridgehead atoms. The second-order valence-electron chi connectivity index (χ2n) is 3.55. The molecule has 0 spiro atoms. The smallest absolute Gasteiger partial charge is 0.0995 e. The third-order valence-electron chi connectivity index (χ3n) is 2.49. The average molecular weight is 351 g/mol. The van der Waals surface area contributed by atoms with Crippen LogP contribution in [-0.4, -0.2) is 7.05 Å². The lowest BCUT2D eigenvalue weighted by molar-refractivity contribution is 0.694. The molecule has 0 aliphatic carbocycles. The van der Waals surface area contributed by atoms with Crippen molar-refractivity contribution in [3.63, 3.8) is 0 Å². The first-order valence-corrected chi connectivity index (χ1v) is 7.36. The number of hydrogen-bond acceptors (Lipinski definition) is 2. The van der Waals surface area contributed by atoms with Crippen LogP contribution in [-0.2, 0) is 0 Å². The van der Waals surface area contributed by atoms with Gasteiger partial charge in [-0.05, 0) is 30.8 Å². The molecule has 0 aliphatic rings. The van der Waals surface area contributed by atoms with E-state index in [2.05, 4.69) is 33.4 Å². The van der Waals surface area contributed by atoms with Gasteiger partial charge >= 0.3 is 0 Å². The number of hydrogen-bond donors (Lipinski definition) is 1. The number of benzene rings is 1.